The molecule has 0 saturated carbocycles. The highest BCUT2D eigenvalue weighted by Crippen LogP contribution is 2.18. The van der Waals surface area contributed by atoms with Gasteiger partial charge in [0.05, 0.1) is 33.6 Å². The molecule has 0 aliphatic carbocycles. The summed E-state index contributed by atoms with van der Waals surface area (Å²) in [5.74, 6) is 0.500. The van der Waals surface area contributed by atoms with E-state index in [1.807, 2.05) is 0 Å². The summed E-state index contributed by atoms with van der Waals surface area (Å²) in [4.78, 5) is 25.9. The van der Waals surface area contributed by atoms with Gasteiger partial charge in [-0.25, -0.2) is 0 Å². The van der Waals surface area contributed by atoms with E-state index >= 15 is 0 Å². The quantitative estimate of drug-likeness (QED) is 0.0384. The number of ketones is 2. The molecule has 0 N–H and O–H groups in total. The zero-order chi connectivity index (χ0) is 33.3. The maximum absolute atomic E-state index is 13.1. The molecule has 46 heavy (non-hydrogen) atoms. The molecule has 0 amide bonds. The minimum absolute atomic E-state index is 0. The second kappa shape index (κ2) is 35.4. The summed E-state index contributed by atoms with van der Waals surface area (Å²) in [5, 5.41) is 0. The summed E-state index contributed by atoms with van der Waals surface area (Å²) in [6.45, 7) is 5.31. The van der Waals surface area contributed by atoms with Crippen molar-refractivity contribution in [3.63, 3.8) is 0 Å². The average Bonchev–Trinajstić information content (AvgIpc) is 3.00. The van der Waals surface area contributed by atoms with E-state index in [1.54, 1.807) is 0 Å². The highest BCUT2D eigenvalue weighted by atomic mass is 35.5. The van der Waals surface area contributed by atoms with Crippen LogP contribution in [0.4, 0.5) is 0 Å². The molecule has 272 valence electrons. The molecule has 1 atom stereocenters. The van der Waals surface area contributed by atoms with Gasteiger partial charge in [0.25, 0.3) is 0 Å². The van der Waals surface area contributed by atoms with Crippen molar-refractivity contribution in [1.29, 1.82) is 0 Å². The molecule has 0 aromatic rings. The Morgan fingerprint density at radius 2 is 0.804 bits per heavy atom. The molecule has 0 fully saturated rings. The van der Waals surface area contributed by atoms with Crippen LogP contribution in [0.2, 0.25) is 0 Å². The number of quaternary nitrogens is 1. The van der Waals surface area contributed by atoms with E-state index < -0.39 is 0 Å². The molecule has 0 heterocycles. The van der Waals surface area contributed by atoms with Crippen LogP contribution in [0.1, 0.15) is 200 Å². The molecule has 0 spiro atoms. The summed E-state index contributed by atoms with van der Waals surface area (Å²) < 4.78 is 0.740. The molecule has 3 nitrogen and oxygen atoms in total. The maximum Gasteiger partial charge on any atom is 0.142 e. The lowest BCUT2D eigenvalue weighted by Crippen LogP contribution is -3.00. The van der Waals surface area contributed by atoms with Gasteiger partial charge in [0.1, 0.15) is 11.6 Å². The van der Waals surface area contributed by atoms with E-state index in [-0.39, 0.29) is 18.3 Å². The van der Waals surface area contributed by atoms with Gasteiger partial charge in [-0.3, -0.25) is 9.59 Å². The number of carbonyl (C=O) groups is 2. The number of carbonyl (C=O) groups excluding carboxylic acids is 2. The third-order valence-electron chi connectivity index (χ3n) is 9.10. The summed E-state index contributed by atoms with van der Waals surface area (Å²) in [6, 6.07) is 0. The van der Waals surface area contributed by atoms with E-state index in [4.69, 9.17) is 0 Å². The number of hydrogen-bond donors (Lipinski definition) is 0. The number of unbranched alkanes of at least 4 members (excludes halogenated alkanes) is 22. The van der Waals surface area contributed by atoms with E-state index in [2.05, 4.69) is 59.3 Å². The molecule has 1 unspecified atom stereocenters. The fourth-order valence-electron chi connectivity index (χ4n) is 6.29. The fourth-order valence-corrected chi connectivity index (χ4v) is 6.29. The second-order valence-corrected chi connectivity index (χ2v) is 15.0. The summed E-state index contributed by atoms with van der Waals surface area (Å²) in [7, 11) is 6.41. The van der Waals surface area contributed by atoms with Gasteiger partial charge in [0.2, 0.25) is 0 Å². The van der Waals surface area contributed by atoms with Gasteiger partial charge >= 0.3 is 0 Å². The van der Waals surface area contributed by atoms with Crippen molar-refractivity contribution in [3.05, 3.63) is 24.3 Å². The van der Waals surface area contributed by atoms with E-state index in [1.165, 1.54) is 141 Å². The number of allylic oxidation sites excluding steroid dienone is 4. The zero-order valence-electron chi connectivity index (χ0n) is 31.7. The largest absolute Gasteiger partial charge is 1.00 e. The van der Waals surface area contributed by atoms with Crippen LogP contribution in [-0.4, -0.2) is 43.7 Å². The van der Waals surface area contributed by atoms with E-state index in [9.17, 15) is 9.59 Å². The third-order valence-corrected chi connectivity index (χ3v) is 9.10. The summed E-state index contributed by atoms with van der Waals surface area (Å²) >= 11 is 0. The van der Waals surface area contributed by atoms with Gasteiger partial charge in [0, 0.05) is 19.3 Å². The third kappa shape index (κ3) is 35.9. The minimum atomic E-state index is -0.114. The smallest absolute Gasteiger partial charge is 0.142 e. The topological polar surface area (TPSA) is 34.1 Å². The van der Waals surface area contributed by atoms with Gasteiger partial charge in [0.15, 0.2) is 0 Å². The van der Waals surface area contributed by atoms with Gasteiger partial charge in [-0.05, 0) is 64.2 Å². The predicted molar refractivity (Wildman–Crippen MR) is 200 cm³/mol. The first-order valence-corrected chi connectivity index (χ1v) is 19.9. The molecule has 0 aliphatic rings. The van der Waals surface area contributed by atoms with Crippen LogP contribution in [0, 0.1) is 5.92 Å². The molecule has 0 rings (SSSR count). The highest BCUT2D eigenvalue weighted by molar-refractivity contribution is 5.88. The lowest BCUT2D eigenvalue weighted by atomic mass is 9.91. The van der Waals surface area contributed by atoms with Crippen LogP contribution in [0.3, 0.4) is 0 Å². The SMILES string of the molecule is CCCCCCCCC=CCCCCCCCC(=O)CC(C[N+](C)(C)C)C(=O)CCCCCCCC=CCCCCCCCC.[Cl-]. The van der Waals surface area contributed by atoms with Crippen LogP contribution < -0.4 is 12.4 Å². The standard InChI is InChI=1S/C42H80NO2.ClH/c1-6-8-10-12-14-16-18-20-22-24-26-28-30-32-34-36-41(44)38-40(39-43(3,4)5)42(45)37-35-33-31-29-27-25-23-21-19-17-15-13-11-9-7-2;/h20-23,40H,6-19,24-39H2,1-5H3;1H/q+1;/p-1. The Morgan fingerprint density at radius 3 is 1.17 bits per heavy atom. The van der Waals surface area contributed by atoms with Crippen LogP contribution in [0.5, 0.6) is 0 Å². The van der Waals surface area contributed by atoms with Crippen LogP contribution in [0.15, 0.2) is 24.3 Å². The predicted octanol–water partition coefficient (Wildman–Crippen LogP) is 9.92. The van der Waals surface area contributed by atoms with Crippen molar-refractivity contribution in [2.45, 2.75) is 200 Å². The number of halogens is 1. The lowest BCUT2D eigenvalue weighted by molar-refractivity contribution is -0.872. The number of Topliss-reactive ketones (excluding diaryl/α,β-unsaturated/α-hetero) is 2. The summed E-state index contributed by atoms with van der Waals surface area (Å²) in [6.07, 6.45) is 44.3. The normalized spacial score (nSPS) is 12.6. The first-order chi connectivity index (χ1) is 21.8. The summed E-state index contributed by atoms with van der Waals surface area (Å²) in [5.41, 5.74) is 0. The Bertz CT molecular complexity index is 724. The first kappa shape index (κ1) is 47.2. The molecule has 0 saturated heterocycles. The average molecular weight is 667 g/mol. The molecular weight excluding hydrogens is 586 g/mol. The maximum atomic E-state index is 13.1. The second-order valence-electron chi connectivity index (χ2n) is 15.0. The van der Waals surface area contributed by atoms with Gasteiger partial charge in [-0.1, -0.05) is 141 Å². The van der Waals surface area contributed by atoms with Crippen LogP contribution >= 0.6 is 0 Å². The number of nitrogens with zero attached hydrogens (tertiary/aromatic N) is 1. The minimum Gasteiger partial charge on any atom is -1.00 e. The van der Waals surface area contributed by atoms with Crippen molar-refractivity contribution >= 4 is 11.6 Å². The molecule has 0 radical (unpaired) electrons. The monoisotopic (exact) mass is 666 g/mol. The van der Waals surface area contributed by atoms with Crippen molar-refractivity contribution in [3.8, 4) is 0 Å². The Labute approximate surface area is 295 Å². The van der Waals surface area contributed by atoms with Crippen LogP contribution in [0.25, 0.3) is 0 Å². The molecular formula is C42H80ClNO2. The van der Waals surface area contributed by atoms with Crippen molar-refractivity contribution in [2.24, 2.45) is 5.92 Å². The molecule has 0 aliphatic heterocycles. The van der Waals surface area contributed by atoms with Crippen LogP contribution in [-0.2, 0) is 9.59 Å². The first-order valence-electron chi connectivity index (χ1n) is 19.9. The van der Waals surface area contributed by atoms with Crippen molar-refractivity contribution in [1.82, 2.24) is 0 Å². The number of rotatable bonds is 35. The number of hydrogen-bond acceptors (Lipinski definition) is 2. The molecule has 0 aromatic carbocycles. The Morgan fingerprint density at radius 1 is 0.478 bits per heavy atom. The van der Waals surface area contributed by atoms with Gasteiger partial charge < -0.3 is 16.9 Å². The molecule has 0 aromatic heterocycles. The highest BCUT2D eigenvalue weighted by Gasteiger charge is 2.27. The molecule has 0 bridgehead atoms. The van der Waals surface area contributed by atoms with Crippen molar-refractivity contribution < 1.29 is 26.5 Å². The van der Waals surface area contributed by atoms with Crippen molar-refractivity contribution in [2.75, 3.05) is 27.7 Å². The Kier molecular flexibility index (Phi) is 36.3. The lowest BCUT2D eigenvalue weighted by Gasteiger charge is -2.28. The van der Waals surface area contributed by atoms with Gasteiger partial charge in [-0.15, -0.1) is 0 Å². The van der Waals surface area contributed by atoms with E-state index in [0.29, 0.717) is 30.8 Å². The zero-order valence-corrected chi connectivity index (χ0v) is 32.5. The Balaban J connectivity index is 0. The fraction of sp³-hybridized carbons (Fsp3) is 0.857. The molecule has 4 heteroatoms. The van der Waals surface area contributed by atoms with E-state index in [0.717, 1.165) is 36.7 Å². The van der Waals surface area contributed by atoms with Gasteiger partial charge in [-0.2, -0.15) is 0 Å². The Hall–Kier alpha value is -0.930.